The number of pyridine rings is 1. The summed E-state index contributed by atoms with van der Waals surface area (Å²) < 4.78 is 8.61. The van der Waals surface area contributed by atoms with E-state index in [1.54, 1.807) is 18.3 Å². The van der Waals surface area contributed by atoms with Crippen molar-refractivity contribution in [3.8, 4) is 0 Å². The summed E-state index contributed by atoms with van der Waals surface area (Å²) in [4.78, 5) is 33.7. The summed E-state index contributed by atoms with van der Waals surface area (Å²) in [5.74, 6) is -0.502. The molecule has 2 aromatic heterocycles. The van der Waals surface area contributed by atoms with Crippen molar-refractivity contribution in [1.82, 2.24) is 9.55 Å². The summed E-state index contributed by atoms with van der Waals surface area (Å²) >= 11 is 0. The largest absolute Gasteiger partial charge is 0.439 e. The molecule has 0 radical (unpaired) electrons. The molecule has 208 valence electrons. The van der Waals surface area contributed by atoms with Crippen molar-refractivity contribution in [2.75, 3.05) is 23.3 Å². The highest BCUT2D eigenvalue weighted by Gasteiger charge is 2.53. The smallest absolute Gasteiger partial charge is 0.341 e. The SMILES string of the molecule is CCCC(=O)Nc1cc(N(CCC)CCC)ccc1C1(c2c(C)n(C)c3ccccc23)OC(=O)c2cccnc21. The number of nitrogens with zero attached hydrogens (tertiary/aromatic N) is 3. The third kappa shape index (κ3) is 4.43. The highest BCUT2D eigenvalue weighted by Crippen LogP contribution is 2.52. The zero-order chi connectivity index (χ0) is 28.4. The number of anilines is 2. The highest BCUT2D eigenvalue weighted by atomic mass is 16.6. The van der Waals surface area contributed by atoms with Gasteiger partial charge in [0.15, 0.2) is 0 Å². The Morgan fingerprint density at radius 2 is 1.77 bits per heavy atom. The second-order valence-corrected chi connectivity index (χ2v) is 10.5. The van der Waals surface area contributed by atoms with E-state index in [2.05, 4.69) is 46.8 Å². The average Bonchev–Trinajstić information content (AvgIpc) is 3.39. The molecule has 4 aromatic rings. The Labute approximate surface area is 236 Å². The maximum Gasteiger partial charge on any atom is 0.341 e. The van der Waals surface area contributed by atoms with Gasteiger partial charge >= 0.3 is 5.97 Å². The van der Waals surface area contributed by atoms with E-state index in [0.29, 0.717) is 28.9 Å². The van der Waals surface area contributed by atoms with Crippen LogP contribution in [0.4, 0.5) is 11.4 Å². The van der Waals surface area contributed by atoms with Crippen LogP contribution in [0.2, 0.25) is 0 Å². The summed E-state index contributed by atoms with van der Waals surface area (Å²) in [6.07, 6.45) is 4.84. The fourth-order valence-electron chi connectivity index (χ4n) is 6.03. The van der Waals surface area contributed by atoms with Crippen molar-refractivity contribution in [2.45, 2.75) is 59.0 Å². The average molecular weight is 539 g/mol. The predicted molar refractivity (Wildman–Crippen MR) is 160 cm³/mol. The number of ether oxygens (including phenoxy) is 1. The van der Waals surface area contributed by atoms with Crippen LogP contribution in [0, 0.1) is 6.92 Å². The maximum absolute atomic E-state index is 13.5. The first-order valence-electron chi connectivity index (χ1n) is 14.3. The Morgan fingerprint density at radius 1 is 1.02 bits per heavy atom. The summed E-state index contributed by atoms with van der Waals surface area (Å²) in [5.41, 5.74) is 4.82. The van der Waals surface area contributed by atoms with E-state index in [9.17, 15) is 9.59 Å². The number of hydrogen-bond acceptors (Lipinski definition) is 5. The molecule has 0 aliphatic carbocycles. The van der Waals surface area contributed by atoms with Crippen molar-refractivity contribution >= 4 is 34.2 Å². The molecule has 7 nitrogen and oxygen atoms in total. The molecule has 7 heteroatoms. The number of aromatic nitrogens is 2. The first-order valence-corrected chi connectivity index (χ1v) is 14.3. The second kappa shape index (κ2) is 11.2. The highest BCUT2D eigenvalue weighted by molar-refractivity contribution is 6.00. The number of cyclic esters (lactones) is 1. The van der Waals surface area contributed by atoms with Gasteiger partial charge in [-0.25, -0.2) is 4.79 Å². The van der Waals surface area contributed by atoms with E-state index in [-0.39, 0.29) is 5.91 Å². The lowest BCUT2D eigenvalue weighted by atomic mass is 9.80. The van der Waals surface area contributed by atoms with Crippen LogP contribution in [0.1, 0.15) is 79.3 Å². The molecule has 1 aliphatic heterocycles. The van der Waals surface area contributed by atoms with Crippen LogP contribution in [0.25, 0.3) is 10.9 Å². The van der Waals surface area contributed by atoms with Gasteiger partial charge in [0, 0.05) is 66.2 Å². The molecule has 0 saturated heterocycles. The summed E-state index contributed by atoms with van der Waals surface area (Å²) in [6, 6.07) is 17.8. The quantitative estimate of drug-likeness (QED) is 0.227. The number of para-hydroxylation sites is 1. The van der Waals surface area contributed by atoms with Gasteiger partial charge in [-0.1, -0.05) is 45.0 Å². The molecule has 0 fully saturated rings. The molecule has 0 saturated carbocycles. The van der Waals surface area contributed by atoms with Crippen molar-refractivity contribution in [3.63, 3.8) is 0 Å². The van der Waals surface area contributed by atoms with Crippen molar-refractivity contribution in [1.29, 1.82) is 0 Å². The monoisotopic (exact) mass is 538 g/mol. The van der Waals surface area contributed by atoms with Gasteiger partial charge in [-0.05, 0) is 56.5 Å². The molecule has 0 bridgehead atoms. The van der Waals surface area contributed by atoms with Crippen molar-refractivity contribution in [2.24, 2.45) is 7.05 Å². The molecule has 1 amide bonds. The number of nitrogens with one attached hydrogen (secondary N) is 1. The van der Waals surface area contributed by atoms with Crippen LogP contribution in [0.5, 0.6) is 0 Å². The fraction of sp³-hybridized carbons (Fsp3) is 0.364. The molecule has 40 heavy (non-hydrogen) atoms. The molecular weight excluding hydrogens is 500 g/mol. The third-order valence-corrected chi connectivity index (χ3v) is 7.84. The lowest BCUT2D eigenvalue weighted by molar-refractivity contribution is -0.116. The number of amides is 1. The van der Waals surface area contributed by atoms with E-state index in [4.69, 9.17) is 9.72 Å². The predicted octanol–water partition coefficient (Wildman–Crippen LogP) is 6.71. The Morgan fingerprint density at radius 3 is 2.50 bits per heavy atom. The number of carbonyl (C=O) groups excluding carboxylic acids is 2. The topological polar surface area (TPSA) is 76.5 Å². The van der Waals surface area contributed by atoms with Gasteiger partial charge in [0.2, 0.25) is 11.5 Å². The molecular formula is C33H38N4O3. The number of carbonyl (C=O) groups is 2. The van der Waals surface area contributed by atoms with Crippen LogP contribution >= 0.6 is 0 Å². The molecule has 1 aliphatic rings. The van der Waals surface area contributed by atoms with Crippen molar-refractivity contribution in [3.05, 3.63) is 88.9 Å². The fourth-order valence-corrected chi connectivity index (χ4v) is 6.03. The van der Waals surface area contributed by atoms with Gasteiger partial charge in [0.05, 0.1) is 11.3 Å². The van der Waals surface area contributed by atoms with Gasteiger partial charge in [0.25, 0.3) is 0 Å². The van der Waals surface area contributed by atoms with E-state index in [1.807, 2.05) is 45.2 Å². The van der Waals surface area contributed by atoms with Crippen LogP contribution in [0.15, 0.2) is 60.8 Å². The van der Waals surface area contributed by atoms with E-state index >= 15 is 0 Å². The minimum absolute atomic E-state index is 0.0752. The third-order valence-electron chi connectivity index (χ3n) is 7.84. The van der Waals surface area contributed by atoms with Gasteiger partial charge in [-0.3, -0.25) is 9.78 Å². The first kappa shape index (κ1) is 27.4. The van der Waals surface area contributed by atoms with E-state index in [1.165, 1.54) is 0 Å². The molecule has 1 atom stereocenters. The second-order valence-electron chi connectivity index (χ2n) is 10.5. The Kier molecular flexibility index (Phi) is 7.66. The number of esters is 1. The van der Waals surface area contributed by atoms with E-state index < -0.39 is 11.6 Å². The molecule has 1 unspecified atom stereocenters. The molecule has 3 heterocycles. The Balaban J connectivity index is 1.85. The van der Waals surface area contributed by atoms with Gasteiger partial charge in [0.1, 0.15) is 5.69 Å². The number of hydrogen-bond donors (Lipinski definition) is 1. The Hall–Kier alpha value is -4.13. The zero-order valence-electron chi connectivity index (χ0n) is 24.1. The van der Waals surface area contributed by atoms with Crippen LogP contribution in [-0.2, 0) is 22.2 Å². The van der Waals surface area contributed by atoms with Crippen LogP contribution in [-0.4, -0.2) is 34.5 Å². The molecule has 2 aromatic carbocycles. The number of benzene rings is 2. The Bertz CT molecular complexity index is 1570. The maximum atomic E-state index is 13.5. The summed E-state index contributed by atoms with van der Waals surface area (Å²) in [6.45, 7) is 10.2. The van der Waals surface area contributed by atoms with Crippen molar-refractivity contribution < 1.29 is 14.3 Å². The standard InChI is InChI=1S/C33H38N4O3/c1-6-12-29(38)35-27-21-23(37(19-7-2)20-8-3)16-17-26(27)33(31-25(32(39)40-33)14-11-18-34-31)30-22(4)36(5)28-15-10-9-13-24(28)30/h9-11,13-18,21H,6-8,12,19-20H2,1-5H3,(H,35,38). The van der Waals surface area contributed by atoms with Crippen LogP contribution < -0.4 is 10.2 Å². The lowest BCUT2D eigenvalue weighted by Gasteiger charge is -2.33. The number of fused-ring (bicyclic) bond motifs is 2. The minimum atomic E-state index is -1.34. The van der Waals surface area contributed by atoms with E-state index in [0.717, 1.165) is 60.2 Å². The lowest BCUT2D eigenvalue weighted by Crippen LogP contribution is -2.33. The summed E-state index contributed by atoms with van der Waals surface area (Å²) in [5, 5.41) is 4.17. The number of aryl methyl sites for hydroxylation is 1. The number of rotatable bonds is 10. The minimum Gasteiger partial charge on any atom is -0.439 e. The van der Waals surface area contributed by atoms with Gasteiger partial charge in [-0.2, -0.15) is 0 Å². The summed E-state index contributed by atoms with van der Waals surface area (Å²) in [7, 11) is 2.02. The normalized spacial score (nSPS) is 16.2. The van der Waals surface area contributed by atoms with Gasteiger partial charge < -0.3 is 19.5 Å². The van der Waals surface area contributed by atoms with Gasteiger partial charge in [-0.15, -0.1) is 0 Å². The first-order chi connectivity index (χ1) is 19.4. The molecule has 5 rings (SSSR count). The van der Waals surface area contributed by atoms with Crippen LogP contribution in [0.3, 0.4) is 0 Å². The molecule has 1 N–H and O–H groups in total. The molecule has 0 spiro atoms. The zero-order valence-corrected chi connectivity index (χ0v) is 24.1.